The molecule has 0 unspecified atom stereocenters. The lowest BCUT2D eigenvalue weighted by atomic mass is 10.1. The molecule has 2 heterocycles. The van der Waals surface area contributed by atoms with Crippen LogP contribution in [-0.2, 0) is 11.3 Å². The predicted octanol–water partition coefficient (Wildman–Crippen LogP) is 3.08. The van der Waals surface area contributed by atoms with Crippen molar-refractivity contribution in [3.8, 4) is 22.9 Å². The van der Waals surface area contributed by atoms with Crippen molar-refractivity contribution in [2.75, 3.05) is 13.7 Å². The summed E-state index contributed by atoms with van der Waals surface area (Å²) in [7, 11) is 1.31. The molecule has 0 aliphatic carbocycles. The maximum atomic E-state index is 12.8. The summed E-state index contributed by atoms with van der Waals surface area (Å²) < 4.78 is 48.1. The van der Waals surface area contributed by atoms with E-state index in [2.05, 4.69) is 20.0 Å². The van der Waals surface area contributed by atoms with Crippen molar-refractivity contribution in [1.82, 2.24) is 14.9 Å². The van der Waals surface area contributed by atoms with Crippen molar-refractivity contribution in [3.05, 3.63) is 62.5 Å². The van der Waals surface area contributed by atoms with Gasteiger partial charge in [-0.2, -0.15) is 4.99 Å². The van der Waals surface area contributed by atoms with E-state index in [1.807, 2.05) is 0 Å². The molecule has 0 bridgehead atoms. The number of carbonyl (C=O) groups excluding carboxylic acids is 2. The number of pyridine rings is 1. The number of hydrogen-bond acceptors (Lipinski definition) is 6. The van der Waals surface area contributed by atoms with Crippen LogP contribution in [-0.4, -0.2) is 41.4 Å². The Hall–Kier alpha value is -3.87. The van der Waals surface area contributed by atoms with Gasteiger partial charge in [0.2, 0.25) is 11.8 Å². The largest absolute Gasteiger partial charge is 0.573 e. The first-order chi connectivity index (χ1) is 16.6. The fourth-order valence-electron chi connectivity index (χ4n) is 3.13. The minimum atomic E-state index is -4.80. The Morgan fingerprint density at radius 3 is 2.51 bits per heavy atom. The van der Waals surface area contributed by atoms with Crippen molar-refractivity contribution in [2.24, 2.45) is 4.99 Å². The first-order valence-electron chi connectivity index (χ1n) is 10.2. The van der Waals surface area contributed by atoms with E-state index in [-0.39, 0.29) is 23.1 Å². The van der Waals surface area contributed by atoms with Crippen LogP contribution in [0.1, 0.15) is 23.7 Å². The highest BCUT2D eigenvalue weighted by Gasteiger charge is 2.31. The third kappa shape index (κ3) is 7.06. The maximum absolute atomic E-state index is 12.8. The van der Waals surface area contributed by atoms with E-state index in [0.29, 0.717) is 35.6 Å². The van der Waals surface area contributed by atoms with Gasteiger partial charge in [0.25, 0.3) is 11.5 Å². The number of thiazole rings is 1. The highest BCUT2D eigenvalue weighted by atomic mass is 32.1. The molecule has 13 heteroatoms. The van der Waals surface area contributed by atoms with Crippen LogP contribution >= 0.6 is 11.3 Å². The van der Waals surface area contributed by atoms with Crippen molar-refractivity contribution in [1.29, 1.82) is 0 Å². The lowest BCUT2D eigenvalue weighted by Crippen LogP contribution is -2.24. The Morgan fingerprint density at radius 1 is 1.17 bits per heavy atom. The van der Waals surface area contributed by atoms with E-state index >= 15 is 0 Å². The number of carbonyl (C=O) groups is 2. The molecule has 2 amide bonds. The lowest BCUT2D eigenvalue weighted by Gasteiger charge is -2.11. The van der Waals surface area contributed by atoms with Crippen molar-refractivity contribution < 1.29 is 32.2 Å². The minimum absolute atomic E-state index is 0.0273. The number of aromatic nitrogens is 2. The zero-order valence-corrected chi connectivity index (χ0v) is 19.5. The average Bonchev–Trinajstić information content (AvgIpc) is 3.18. The van der Waals surface area contributed by atoms with Gasteiger partial charge in [0.1, 0.15) is 11.3 Å². The molecule has 1 aromatic carbocycles. The monoisotopic (exact) mass is 510 g/mol. The van der Waals surface area contributed by atoms with Gasteiger partial charge in [0.05, 0.1) is 12.8 Å². The number of nitrogens with one attached hydrogen (secondary N) is 2. The number of alkyl halides is 3. The van der Waals surface area contributed by atoms with Gasteiger partial charge in [0, 0.05) is 31.5 Å². The predicted molar refractivity (Wildman–Crippen MR) is 121 cm³/mol. The number of benzene rings is 1. The van der Waals surface area contributed by atoms with E-state index < -0.39 is 17.8 Å². The molecule has 186 valence electrons. The SMILES string of the molecule is COc1[nH]c(=O)ccc1C(=O)N=c1scc(-c2ccc(OC(F)(F)F)cc2)n1CCCNC(C)=O. The molecule has 0 saturated carbocycles. The number of H-pyrrole nitrogens is 1. The molecular formula is C22H21F3N4O5S. The number of amides is 2. The summed E-state index contributed by atoms with van der Waals surface area (Å²) in [6.45, 7) is 2.12. The van der Waals surface area contributed by atoms with Gasteiger partial charge in [-0.05, 0) is 42.3 Å². The van der Waals surface area contributed by atoms with Gasteiger partial charge < -0.3 is 19.4 Å². The van der Waals surface area contributed by atoms with Gasteiger partial charge in [-0.15, -0.1) is 24.5 Å². The second-order valence-corrected chi connectivity index (χ2v) is 7.99. The average molecular weight is 510 g/mol. The van der Waals surface area contributed by atoms with Gasteiger partial charge in [-0.25, -0.2) is 0 Å². The summed E-state index contributed by atoms with van der Waals surface area (Å²) in [5, 5.41) is 4.40. The smallest absolute Gasteiger partial charge is 0.482 e. The summed E-state index contributed by atoms with van der Waals surface area (Å²) >= 11 is 1.15. The van der Waals surface area contributed by atoms with Gasteiger partial charge >= 0.3 is 6.36 Å². The Balaban J connectivity index is 1.98. The highest BCUT2D eigenvalue weighted by Crippen LogP contribution is 2.27. The van der Waals surface area contributed by atoms with Gasteiger partial charge in [0.15, 0.2) is 4.80 Å². The molecule has 3 rings (SSSR count). The van der Waals surface area contributed by atoms with E-state index in [0.717, 1.165) is 11.3 Å². The van der Waals surface area contributed by atoms with Crippen LogP contribution in [0.15, 0.2) is 51.6 Å². The number of hydrogen-bond donors (Lipinski definition) is 2. The van der Waals surface area contributed by atoms with E-state index in [9.17, 15) is 27.6 Å². The van der Waals surface area contributed by atoms with Crippen molar-refractivity contribution in [3.63, 3.8) is 0 Å². The summed E-state index contributed by atoms with van der Waals surface area (Å²) in [4.78, 5) is 42.4. The molecule has 0 fully saturated rings. The highest BCUT2D eigenvalue weighted by molar-refractivity contribution is 7.07. The normalized spacial score (nSPS) is 11.9. The Labute approximate surface area is 200 Å². The Kier molecular flexibility index (Phi) is 8.12. The standard InChI is InChI=1S/C22H21F3N4O5S/c1-13(30)26-10-3-11-29-17(14-4-6-15(7-5-14)34-22(23,24)25)12-35-21(29)28-19(32)16-8-9-18(31)27-20(16)33-2/h4-9,12H,3,10-11H2,1-2H3,(H,26,30)(H,27,31). The molecule has 0 aliphatic heterocycles. The Morgan fingerprint density at radius 2 is 1.89 bits per heavy atom. The van der Waals surface area contributed by atoms with Crippen LogP contribution in [0.25, 0.3) is 11.3 Å². The molecule has 9 nitrogen and oxygen atoms in total. The second kappa shape index (κ2) is 11.0. The number of methoxy groups -OCH3 is 1. The van der Waals surface area contributed by atoms with Crippen LogP contribution in [0, 0.1) is 0 Å². The number of aromatic amines is 1. The summed E-state index contributed by atoms with van der Waals surface area (Å²) in [5.74, 6) is -1.23. The summed E-state index contributed by atoms with van der Waals surface area (Å²) in [5.41, 5.74) is 0.797. The third-order valence-electron chi connectivity index (χ3n) is 4.63. The molecular weight excluding hydrogens is 489 g/mol. The van der Waals surface area contributed by atoms with Crippen LogP contribution in [0.5, 0.6) is 11.6 Å². The zero-order chi connectivity index (χ0) is 25.6. The molecule has 0 aliphatic rings. The van der Waals surface area contributed by atoms with Crippen LogP contribution < -0.4 is 25.2 Å². The molecule has 2 aromatic heterocycles. The van der Waals surface area contributed by atoms with E-state index in [1.54, 1.807) is 9.95 Å². The van der Waals surface area contributed by atoms with Crippen LogP contribution in [0.2, 0.25) is 0 Å². The number of ether oxygens (including phenoxy) is 2. The first-order valence-corrected chi connectivity index (χ1v) is 11.1. The summed E-state index contributed by atoms with van der Waals surface area (Å²) in [6, 6.07) is 7.79. The second-order valence-electron chi connectivity index (χ2n) is 7.15. The number of halogens is 3. The fraction of sp³-hybridized carbons (Fsp3) is 0.273. The van der Waals surface area contributed by atoms with Crippen LogP contribution in [0.3, 0.4) is 0 Å². The lowest BCUT2D eigenvalue weighted by molar-refractivity contribution is -0.274. The molecule has 2 N–H and O–H groups in total. The third-order valence-corrected chi connectivity index (χ3v) is 5.49. The van der Waals surface area contributed by atoms with E-state index in [1.165, 1.54) is 50.4 Å². The number of nitrogens with zero attached hydrogens (tertiary/aromatic N) is 2. The first kappa shape index (κ1) is 25.7. The molecule has 35 heavy (non-hydrogen) atoms. The maximum Gasteiger partial charge on any atom is 0.573 e. The topological polar surface area (TPSA) is 115 Å². The van der Waals surface area contributed by atoms with Gasteiger partial charge in [-0.1, -0.05) is 0 Å². The molecule has 0 saturated heterocycles. The van der Waals surface area contributed by atoms with Gasteiger partial charge in [-0.3, -0.25) is 19.4 Å². The van der Waals surface area contributed by atoms with Crippen LogP contribution in [0.4, 0.5) is 13.2 Å². The molecule has 3 aromatic rings. The molecule has 0 radical (unpaired) electrons. The Bertz CT molecular complexity index is 1330. The minimum Gasteiger partial charge on any atom is -0.482 e. The van der Waals surface area contributed by atoms with Crippen molar-refractivity contribution >= 4 is 23.2 Å². The van der Waals surface area contributed by atoms with E-state index in [4.69, 9.17) is 4.74 Å². The number of rotatable bonds is 8. The quantitative estimate of drug-likeness (QED) is 0.452. The summed E-state index contributed by atoms with van der Waals surface area (Å²) in [6.07, 6.45) is -4.30. The molecule has 0 atom stereocenters. The van der Waals surface area contributed by atoms with Crippen molar-refractivity contribution in [2.45, 2.75) is 26.3 Å². The fourth-order valence-corrected chi connectivity index (χ4v) is 4.06. The molecule has 0 spiro atoms. The zero-order valence-electron chi connectivity index (χ0n) is 18.6.